The van der Waals surface area contributed by atoms with Gasteiger partial charge in [-0.25, -0.2) is 0 Å². The second kappa shape index (κ2) is 9.34. The van der Waals surface area contributed by atoms with Crippen LogP contribution in [0.1, 0.15) is 30.9 Å². The molecule has 0 saturated carbocycles. The van der Waals surface area contributed by atoms with Crippen molar-refractivity contribution in [1.82, 2.24) is 4.90 Å². The van der Waals surface area contributed by atoms with Gasteiger partial charge >= 0.3 is 0 Å². The first-order chi connectivity index (χ1) is 14.3. The molecule has 30 heavy (non-hydrogen) atoms. The summed E-state index contributed by atoms with van der Waals surface area (Å²) >= 11 is 5.90. The molecule has 7 nitrogen and oxygen atoms in total. The Labute approximate surface area is 181 Å². The monoisotopic (exact) mass is 431 g/mol. The molecular weight excluding hydrogens is 406 g/mol. The number of halogens is 1. The molecule has 0 bridgehead atoms. The van der Waals surface area contributed by atoms with Crippen molar-refractivity contribution >= 4 is 28.9 Å². The second-order valence-corrected chi connectivity index (χ2v) is 8.18. The quantitative estimate of drug-likeness (QED) is 0.500. The lowest BCUT2D eigenvalue weighted by Crippen LogP contribution is -2.50. The summed E-state index contributed by atoms with van der Waals surface area (Å²) in [4.78, 5) is 27.2. The van der Waals surface area contributed by atoms with Crippen LogP contribution in [0.25, 0.3) is 0 Å². The van der Waals surface area contributed by atoms with Crippen LogP contribution in [-0.2, 0) is 4.79 Å². The van der Waals surface area contributed by atoms with Gasteiger partial charge in [0.05, 0.1) is 4.92 Å². The first-order valence-corrected chi connectivity index (χ1v) is 10.3. The van der Waals surface area contributed by atoms with Crippen molar-refractivity contribution < 1.29 is 14.5 Å². The Kier molecular flexibility index (Phi) is 6.82. The summed E-state index contributed by atoms with van der Waals surface area (Å²) < 4.78 is 5.86. The molecule has 1 fully saturated rings. The van der Waals surface area contributed by atoms with Gasteiger partial charge in [-0.3, -0.25) is 14.9 Å². The fraction of sp³-hybridized carbons (Fsp3) is 0.409. The van der Waals surface area contributed by atoms with Gasteiger partial charge in [0, 0.05) is 37.3 Å². The van der Waals surface area contributed by atoms with Crippen LogP contribution in [-0.4, -0.2) is 48.5 Å². The molecule has 1 aliphatic heterocycles. The number of hydrogen-bond acceptors (Lipinski definition) is 5. The third kappa shape index (κ3) is 5.02. The summed E-state index contributed by atoms with van der Waals surface area (Å²) in [7, 11) is 0. The van der Waals surface area contributed by atoms with Crippen LogP contribution in [0.5, 0.6) is 5.75 Å². The molecule has 0 atom stereocenters. The lowest BCUT2D eigenvalue weighted by atomic mass is 10.0. The number of carbonyl (C=O) groups excluding carboxylic acids is 1. The number of nitro benzene ring substituents is 1. The second-order valence-electron chi connectivity index (χ2n) is 7.74. The molecule has 0 radical (unpaired) electrons. The molecular formula is C22H26ClN3O4. The lowest BCUT2D eigenvalue weighted by molar-refractivity contribution is -0.384. The highest BCUT2D eigenvalue weighted by Crippen LogP contribution is 2.32. The molecule has 1 saturated heterocycles. The highest BCUT2D eigenvalue weighted by Gasteiger charge is 2.26. The highest BCUT2D eigenvalue weighted by atomic mass is 35.5. The maximum absolute atomic E-state index is 12.7. The number of anilines is 1. The molecule has 1 heterocycles. The molecule has 1 aliphatic rings. The number of rotatable bonds is 6. The Balaban J connectivity index is 1.60. The minimum absolute atomic E-state index is 0.0220. The van der Waals surface area contributed by atoms with Crippen molar-refractivity contribution in [2.24, 2.45) is 0 Å². The largest absolute Gasteiger partial charge is 0.483 e. The van der Waals surface area contributed by atoms with E-state index in [-0.39, 0.29) is 18.2 Å². The summed E-state index contributed by atoms with van der Waals surface area (Å²) in [6, 6.07) is 10.7. The number of carbonyl (C=O) groups is 1. The van der Waals surface area contributed by atoms with Gasteiger partial charge in [0.25, 0.3) is 11.6 Å². The van der Waals surface area contributed by atoms with Crippen molar-refractivity contribution in [3.8, 4) is 5.75 Å². The van der Waals surface area contributed by atoms with Gasteiger partial charge in [-0.15, -0.1) is 0 Å². The van der Waals surface area contributed by atoms with Crippen LogP contribution in [0.15, 0.2) is 36.4 Å². The minimum Gasteiger partial charge on any atom is -0.483 e. The van der Waals surface area contributed by atoms with Crippen molar-refractivity contribution in [2.45, 2.75) is 26.7 Å². The van der Waals surface area contributed by atoms with Crippen molar-refractivity contribution in [2.75, 3.05) is 37.7 Å². The fourth-order valence-corrected chi connectivity index (χ4v) is 3.75. The number of piperazine rings is 1. The lowest BCUT2D eigenvalue weighted by Gasteiger charge is -2.35. The van der Waals surface area contributed by atoms with Crippen molar-refractivity contribution in [1.29, 1.82) is 0 Å². The Hall–Kier alpha value is -2.80. The van der Waals surface area contributed by atoms with E-state index in [9.17, 15) is 14.9 Å². The molecule has 8 heteroatoms. The summed E-state index contributed by atoms with van der Waals surface area (Å²) in [6.45, 7) is 8.13. The molecule has 0 aromatic heterocycles. The number of amides is 1. The van der Waals surface area contributed by atoms with E-state index in [1.165, 1.54) is 6.07 Å². The van der Waals surface area contributed by atoms with Crippen LogP contribution in [0.4, 0.5) is 11.4 Å². The zero-order chi connectivity index (χ0) is 21.8. The number of nitrogens with zero attached hydrogens (tertiary/aromatic N) is 3. The van der Waals surface area contributed by atoms with Crippen LogP contribution < -0.4 is 9.64 Å². The van der Waals surface area contributed by atoms with Crippen LogP contribution in [0.2, 0.25) is 5.02 Å². The molecule has 1 amide bonds. The first kappa shape index (κ1) is 21.9. The van der Waals surface area contributed by atoms with Gasteiger partial charge in [-0.2, -0.15) is 0 Å². The van der Waals surface area contributed by atoms with Crippen molar-refractivity contribution in [3.05, 3.63) is 62.7 Å². The average Bonchev–Trinajstić information content (AvgIpc) is 2.72. The van der Waals surface area contributed by atoms with E-state index in [0.717, 1.165) is 16.9 Å². The van der Waals surface area contributed by atoms with E-state index in [4.69, 9.17) is 16.3 Å². The van der Waals surface area contributed by atoms with Gasteiger partial charge in [0.15, 0.2) is 6.61 Å². The standard InChI is InChI=1S/C22H26ClN3O4/c1-15(2)18-6-4-16(3)12-21(18)30-14-22(27)25-10-8-24(9-11-25)19-7-5-17(23)13-20(19)26(28)29/h4-7,12-13,15H,8-11,14H2,1-3H3. The molecule has 0 N–H and O–H groups in total. The van der Waals surface area contributed by atoms with E-state index in [0.29, 0.717) is 42.8 Å². The van der Waals surface area contributed by atoms with E-state index in [1.54, 1.807) is 17.0 Å². The molecule has 0 aliphatic carbocycles. The molecule has 0 unspecified atom stereocenters. The molecule has 2 aromatic carbocycles. The van der Waals surface area contributed by atoms with Crippen molar-refractivity contribution in [3.63, 3.8) is 0 Å². The Morgan fingerprint density at radius 3 is 2.50 bits per heavy atom. The number of nitro groups is 1. The minimum atomic E-state index is -0.430. The Morgan fingerprint density at radius 2 is 1.87 bits per heavy atom. The Morgan fingerprint density at radius 1 is 1.17 bits per heavy atom. The number of benzene rings is 2. The van der Waals surface area contributed by atoms with Crippen LogP contribution in [0, 0.1) is 17.0 Å². The molecule has 0 spiro atoms. The Bertz CT molecular complexity index is 940. The normalized spacial score (nSPS) is 14.2. The summed E-state index contributed by atoms with van der Waals surface area (Å²) in [5, 5.41) is 11.7. The number of hydrogen-bond donors (Lipinski definition) is 0. The zero-order valence-corrected chi connectivity index (χ0v) is 18.2. The summed E-state index contributed by atoms with van der Waals surface area (Å²) in [5.74, 6) is 0.958. The predicted octanol–water partition coefficient (Wildman–Crippen LogP) is 4.41. The van der Waals surface area contributed by atoms with E-state index in [2.05, 4.69) is 13.8 Å². The topological polar surface area (TPSA) is 75.9 Å². The predicted molar refractivity (Wildman–Crippen MR) is 118 cm³/mol. The van der Waals surface area contributed by atoms with E-state index in [1.807, 2.05) is 30.0 Å². The third-order valence-corrected chi connectivity index (χ3v) is 5.48. The smallest absolute Gasteiger partial charge is 0.294 e. The SMILES string of the molecule is Cc1ccc(C(C)C)c(OCC(=O)N2CCN(c3ccc(Cl)cc3[N+](=O)[O-])CC2)c1. The summed E-state index contributed by atoms with van der Waals surface area (Å²) in [5.41, 5.74) is 2.66. The van der Waals surface area contributed by atoms with E-state index >= 15 is 0 Å². The van der Waals surface area contributed by atoms with Gasteiger partial charge < -0.3 is 14.5 Å². The third-order valence-electron chi connectivity index (χ3n) is 5.25. The summed E-state index contributed by atoms with van der Waals surface area (Å²) in [6.07, 6.45) is 0. The maximum Gasteiger partial charge on any atom is 0.294 e. The fourth-order valence-electron chi connectivity index (χ4n) is 3.58. The zero-order valence-electron chi connectivity index (χ0n) is 17.4. The van der Waals surface area contributed by atoms with Gasteiger partial charge in [0.1, 0.15) is 11.4 Å². The van der Waals surface area contributed by atoms with E-state index < -0.39 is 4.92 Å². The first-order valence-electron chi connectivity index (χ1n) is 9.96. The molecule has 2 aromatic rings. The average molecular weight is 432 g/mol. The number of ether oxygens (including phenoxy) is 1. The highest BCUT2D eigenvalue weighted by molar-refractivity contribution is 6.30. The number of aryl methyl sites for hydroxylation is 1. The van der Waals surface area contributed by atoms with Gasteiger partial charge in [-0.1, -0.05) is 37.6 Å². The molecule has 160 valence electrons. The maximum atomic E-state index is 12.7. The van der Waals surface area contributed by atoms with Crippen LogP contribution in [0.3, 0.4) is 0 Å². The van der Waals surface area contributed by atoms with Crippen LogP contribution >= 0.6 is 11.6 Å². The van der Waals surface area contributed by atoms with Gasteiger partial charge in [0.2, 0.25) is 0 Å². The van der Waals surface area contributed by atoms with Gasteiger partial charge in [-0.05, 0) is 42.2 Å². The molecule has 3 rings (SSSR count).